The summed E-state index contributed by atoms with van der Waals surface area (Å²) in [6.07, 6.45) is 0.824. The SMILES string of the molecule is CC1CC(C(=O)N2CCNCC2c2cccc(Cl)c2)NN1.Cl. The number of hydrogen-bond acceptors (Lipinski definition) is 4. The summed E-state index contributed by atoms with van der Waals surface area (Å²) in [4.78, 5) is 14.7. The van der Waals surface area contributed by atoms with Crippen molar-refractivity contribution in [2.75, 3.05) is 19.6 Å². The molecule has 0 aliphatic carbocycles. The minimum Gasteiger partial charge on any atom is -0.332 e. The van der Waals surface area contributed by atoms with Crippen LogP contribution in [0.4, 0.5) is 0 Å². The molecule has 0 spiro atoms. The minimum atomic E-state index is -0.139. The van der Waals surface area contributed by atoms with Gasteiger partial charge in [-0.2, -0.15) is 0 Å². The lowest BCUT2D eigenvalue weighted by Crippen LogP contribution is -2.54. The van der Waals surface area contributed by atoms with Crippen LogP contribution in [0.1, 0.15) is 24.9 Å². The van der Waals surface area contributed by atoms with E-state index in [9.17, 15) is 4.79 Å². The van der Waals surface area contributed by atoms with E-state index < -0.39 is 0 Å². The summed E-state index contributed by atoms with van der Waals surface area (Å²) in [5.74, 6) is 0.165. The summed E-state index contributed by atoms with van der Waals surface area (Å²) in [5, 5.41) is 4.07. The van der Waals surface area contributed by atoms with Gasteiger partial charge in [0.05, 0.1) is 6.04 Å². The largest absolute Gasteiger partial charge is 0.332 e. The highest BCUT2D eigenvalue weighted by Gasteiger charge is 2.35. The first-order valence-corrected chi connectivity index (χ1v) is 7.80. The van der Waals surface area contributed by atoms with Gasteiger partial charge in [-0.05, 0) is 31.0 Å². The van der Waals surface area contributed by atoms with Gasteiger partial charge in [0, 0.05) is 30.7 Å². The fraction of sp³-hybridized carbons (Fsp3) is 0.533. The number of hydrazine groups is 1. The van der Waals surface area contributed by atoms with Gasteiger partial charge < -0.3 is 10.2 Å². The molecule has 2 fully saturated rings. The Bertz CT molecular complexity index is 528. The number of amides is 1. The monoisotopic (exact) mass is 344 g/mol. The molecule has 22 heavy (non-hydrogen) atoms. The zero-order valence-electron chi connectivity index (χ0n) is 12.5. The van der Waals surface area contributed by atoms with E-state index in [1.165, 1.54) is 0 Å². The molecule has 1 amide bonds. The lowest BCUT2D eigenvalue weighted by Gasteiger charge is -2.38. The second-order valence-electron chi connectivity index (χ2n) is 5.78. The molecule has 2 aliphatic heterocycles. The minimum absolute atomic E-state index is 0. The van der Waals surface area contributed by atoms with Crippen molar-refractivity contribution in [1.29, 1.82) is 0 Å². The van der Waals surface area contributed by atoms with Gasteiger partial charge in [0.15, 0.2) is 0 Å². The summed E-state index contributed by atoms with van der Waals surface area (Å²) < 4.78 is 0. The van der Waals surface area contributed by atoms with Gasteiger partial charge in [0.25, 0.3) is 0 Å². The maximum Gasteiger partial charge on any atom is 0.241 e. The van der Waals surface area contributed by atoms with Gasteiger partial charge in [-0.1, -0.05) is 23.7 Å². The number of benzene rings is 1. The van der Waals surface area contributed by atoms with E-state index in [1.54, 1.807) is 0 Å². The average Bonchev–Trinajstić information content (AvgIpc) is 2.93. The van der Waals surface area contributed by atoms with Gasteiger partial charge >= 0.3 is 0 Å². The first-order valence-electron chi connectivity index (χ1n) is 7.43. The number of nitrogens with zero attached hydrogens (tertiary/aromatic N) is 1. The van der Waals surface area contributed by atoms with Crippen LogP contribution in [0.25, 0.3) is 0 Å². The lowest BCUT2D eigenvalue weighted by molar-refractivity contribution is -0.136. The molecule has 0 aromatic heterocycles. The first kappa shape index (κ1) is 17.5. The van der Waals surface area contributed by atoms with Gasteiger partial charge in [0.1, 0.15) is 6.04 Å². The van der Waals surface area contributed by atoms with Crippen LogP contribution in [0.3, 0.4) is 0 Å². The van der Waals surface area contributed by atoms with Gasteiger partial charge in [-0.3, -0.25) is 10.2 Å². The van der Waals surface area contributed by atoms with Crippen molar-refractivity contribution in [2.45, 2.75) is 31.5 Å². The Morgan fingerprint density at radius 1 is 1.36 bits per heavy atom. The van der Waals surface area contributed by atoms with E-state index in [0.717, 1.165) is 31.6 Å². The molecule has 0 saturated carbocycles. The summed E-state index contributed by atoms with van der Waals surface area (Å²) in [6, 6.07) is 8.01. The van der Waals surface area contributed by atoms with Crippen molar-refractivity contribution < 1.29 is 4.79 Å². The fourth-order valence-electron chi connectivity index (χ4n) is 3.06. The second kappa shape index (κ2) is 7.62. The molecule has 7 heteroatoms. The van der Waals surface area contributed by atoms with Crippen LogP contribution in [-0.4, -0.2) is 42.5 Å². The van der Waals surface area contributed by atoms with Crippen LogP contribution in [0.15, 0.2) is 24.3 Å². The Kier molecular flexibility index (Phi) is 6.06. The Hall–Kier alpha value is -0.850. The molecule has 3 atom stereocenters. The highest BCUT2D eigenvalue weighted by atomic mass is 35.5. The molecule has 3 rings (SSSR count). The molecule has 3 N–H and O–H groups in total. The number of halogens is 2. The van der Waals surface area contributed by atoms with Crippen LogP contribution in [0.2, 0.25) is 5.02 Å². The zero-order chi connectivity index (χ0) is 14.8. The second-order valence-corrected chi connectivity index (χ2v) is 6.22. The maximum atomic E-state index is 12.8. The summed E-state index contributed by atoms with van der Waals surface area (Å²) in [5.41, 5.74) is 7.30. The third kappa shape index (κ3) is 3.73. The van der Waals surface area contributed by atoms with Crippen LogP contribution >= 0.6 is 24.0 Å². The number of carbonyl (C=O) groups is 1. The topological polar surface area (TPSA) is 56.4 Å². The molecule has 3 unspecified atom stereocenters. The molecular weight excluding hydrogens is 323 g/mol. The number of hydrogen-bond donors (Lipinski definition) is 3. The standard InChI is InChI=1S/C15H21ClN4O.ClH/c1-10-7-13(19-18-10)15(21)20-6-5-17-9-14(20)11-3-2-4-12(16)8-11;/h2-4,8,10,13-14,17-19H,5-7,9H2,1H3;1H. The van der Waals surface area contributed by atoms with Gasteiger partial charge in [0.2, 0.25) is 5.91 Å². The zero-order valence-corrected chi connectivity index (χ0v) is 14.1. The predicted octanol–water partition coefficient (Wildman–Crippen LogP) is 1.49. The number of rotatable bonds is 2. The van der Waals surface area contributed by atoms with E-state index in [-0.39, 0.29) is 30.4 Å². The maximum absolute atomic E-state index is 12.8. The van der Waals surface area contributed by atoms with Crippen LogP contribution in [0, 0.1) is 0 Å². The molecule has 2 saturated heterocycles. The fourth-order valence-corrected chi connectivity index (χ4v) is 3.26. The molecule has 2 aliphatic rings. The Morgan fingerprint density at radius 2 is 2.18 bits per heavy atom. The normalized spacial score (nSPS) is 28.3. The number of nitrogens with one attached hydrogen (secondary N) is 3. The summed E-state index contributed by atoms with van der Waals surface area (Å²) in [6.45, 7) is 4.40. The highest BCUT2D eigenvalue weighted by Crippen LogP contribution is 2.26. The molecule has 1 aromatic rings. The number of piperazine rings is 1. The summed E-state index contributed by atoms with van der Waals surface area (Å²) >= 11 is 6.09. The van der Waals surface area contributed by atoms with Crippen molar-refractivity contribution >= 4 is 29.9 Å². The van der Waals surface area contributed by atoms with Crippen molar-refractivity contribution in [3.05, 3.63) is 34.9 Å². The van der Waals surface area contributed by atoms with E-state index >= 15 is 0 Å². The van der Waals surface area contributed by atoms with Crippen LogP contribution < -0.4 is 16.2 Å². The third-order valence-electron chi connectivity index (χ3n) is 4.15. The van der Waals surface area contributed by atoms with Gasteiger partial charge in [-0.15, -0.1) is 12.4 Å². The van der Waals surface area contributed by atoms with Crippen LogP contribution in [0.5, 0.6) is 0 Å². The molecule has 5 nitrogen and oxygen atoms in total. The van der Waals surface area contributed by atoms with E-state index in [4.69, 9.17) is 11.6 Å². The molecular formula is C15H22Cl2N4O. The van der Waals surface area contributed by atoms with E-state index in [1.807, 2.05) is 29.2 Å². The van der Waals surface area contributed by atoms with Crippen molar-refractivity contribution in [3.8, 4) is 0 Å². The molecule has 0 radical (unpaired) electrons. The Labute approximate surface area is 142 Å². The molecule has 1 aromatic carbocycles. The average molecular weight is 345 g/mol. The highest BCUT2D eigenvalue weighted by molar-refractivity contribution is 6.30. The Morgan fingerprint density at radius 3 is 2.86 bits per heavy atom. The predicted molar refractivity (Wildman–Crippen MR) is 90.2 cm³/mol. The smallest absolute Gasteiger partial charge is 0.241 e. The molecule has 2 heterocycles. The van der Waals surface area contributed by atoms with E-state index in [0.29, 0.717) is 11.1 Å². The van der Waals surface area contributed by atoms with Crippen molar-refractivity contribution in [2.24, 2.45) is 0 Å². The van der Waals surface area contributed by atoms with Crippen LogP contribution in [-0.2, 0) is 4.79 Å². The van der Waals surface area contributed by atoms with Crippen molar-refractivity contribution in [1.82, 2.24) is 21.1 Å². The first-order chi connectivity index (χ1) is 10.1. The van der Waals surface area contributed by atoms with E-state index in [2.05, 4.69) is 23.1 Å². The lowest BCUT2D eigenvalue weighted by atomic mass is 10.0. The molecule has 122 valence electrons. The molecule has 0 bridgehead atoms. The Balaban J connectivity index is 0.00000176. The quantitative estimate of drug-likeness (QED) is 0.760. The van der Waals surface area contributed by atoms with Gasteiger partial charge in [-0.25, -0.2) is 5.43 Å². The third-order valence-corrected chi connectivity index (χ3v) is 4.39. The number of carbonyl (C=O) groups excluding carboxylic acids is 1. The summed E-state index contributed by atoms with van der Waals surface area (Å²) in [7, 11) is 0. The van der Waals surface area contributed by atoms with Crippen molar-refractivity contribution in [3.63, 3.8) is 0 Å².